The molecule has 1 fully saturated rings. The van der Waals surface area contributed by atoms with E-state index < -0.39 is 59.6 Å². The number of nitrogens with one attached hydrogen (secondary N) is 1. The van der Waals surface area contributed by atoms with Crippen molar-refractivity contribution in [2.75, 3.05) is 0 Å². The lowest BCUT2D eigenvalue weighted by molar-refractivity contribution is -0.186. The standard InChI is InChI=1S/C24H29N3O8/c1-13(2)18(25-22(33)35-24(3,4)5)21(32)34-23(26-16(28)11-8-12-17(26)29)27-19(30)14-9-6-7-10-15(14)20(27)31/h6-7,9-10,13,18,23H,8,11-12H2,1-5H3,(H,25,33)/t18-,23?/m0/s1. The first-order valence-electron chi connectivity index (χ1n) is 11.3. The van der Waals surface area contributed by atoms with Gasteiger partial charge in [-0.15, -0.1) is 0 Å². The predicted molar refractivity (Wildman–Crippen MR) is 121 cm³/mol. The summed E-state index contributed by atoms with van der Waals surface area (Å²) >= 11 is 0. The fourth-order valence-corrected chi connectivity index (χ4v) is 3.76. The highest BCUT2D eigenvalue weighted by molar-refractivity contribution is 6.21. The quantitative estimate of drug-likeness (QED) is 0.476. The predicted octanol–water partition coefficient (Wildman–Crippen LogP) is 2.20. The van der Waals surface area contributed by atoms with Crippen molar-refractivity contribution in [2.45, 2.75) is 71.9 Å². The van der Waals surface area contributed by atoms with E-state index in [4.69, 9.17) is 9.47 Å². The van der Waals surface area contributed by atoms with E-state index in [1.54, 1.807) is 46.8 Å². The Kier molecular flexibility index (Phi) is 7.27. The number of hydrogen-bond acceptors (Lipinski definition) is 8. The Balaban J connectivity index is 1.94. The van der Waals surface area contributed by atoms with Crippen molar-refractivity contribution in [3.63, 3.8) is 0 Å². The molecule has 11 heteroatoms. The number of hydrogen-bond donors (Lipinski definition) is 1. The van der Waals surface area contributed by atoms with Gasteiger partial charge in [0.2, 0.25) is 11.8 Å². The first kappa shape index (κ1) is 25.9. The monoisotopic (exact) mass is 487 g/mol. The number of alkyl carbamates (subject to hydrolysis) is 1. The van der Waals surface area contributed by atoms with E-state index in [1.165, 1.54) is 12.1 Å². The van der Waals surface area contributed by atoms with Gasteiger partial charge in [-0.1, -0.05) is 26.0 Å². The molecule has 5 amide bonds. The number of carbonyl (C=O) groups excluding carboxylic acids is 6. The molecule has 188 valence electrons. The molecule has 2 aliphatic heterocycles. The number of amides is 5. The average Bonchev–Trinajstić information content (AvgIpc) is 3.00. The van der Waals surface area contributed by atoms with Gasteiger partial charge < -0.3 is 14.8 Å². The number of ether oxygens (including phenoxy) is 2. The Bertz CT molecular complexity index is 1020. The third-order valence-corrected chi connectivity index (χ3v) is 5.40. The maximum Gasteiger partial charge on any atom is 0.408 e. The van der Waals surface area contributed by atoms with Crippen LogP contribution in [0.15, 0.2) is 24.3 Å². The molecule has 0 aliphatic carbocycles. The van der Waals surface area contributed by atoms with Gasteiger partial charge in [0.15, 0.2) is 0 Å². The summed E-state index contributed by atoms with van der Waals surface area (Å²) in [7, 11) is 0. The first-order valence-corrected chi connectivity index (χ1v) is 11.3. The number of benzene rings is 1. The summed E-state index contributed by atoms with van der Waals surface area (Å²) < 4.78 is 10.7. The third kappa shape index (κ3) is 5.50. The molecule has 1 aromatic rings. The second kappa shape index (κ2) is 9.85. The number of rotatable bonds is 6. The van der Waals surface area contributed by atoms with Gasteiger partial charge >= 0.3 is 12.1 Å². The average molecular weight is 488 g/mol. The zero-order valence-electron chi connectivity index (χ0n) is 20.3. The van der Waals surface area contributed by atoms with E-state index in [1.807, 2.05) is 0 Å². The smallest absolute Gasteiger partial charge is 0.408 e. The van der Waals surface area contributed by atoms with Gasteiger partial charge in [-0.3, -0.25) is 19.2 Å². The highest BCUT2D eigenvalue weighted by atomic mass is 16.6. The zero-order valence-corrected chi connectivity index (χ0v) is 20.3. The second-order valence-corrected chi connectivity index (χ2v) is 9.67. The van der Waals surface area contributed by atoms with Crippen LogP contribution in [0.3, 0.4) is 0 Å². The van der Waals surface area contributed by atoms with Crippen molar-refractivity contribution >= 4 is 35.7 Å². The van der Waals surface area contributed by atoms with Crippen LogP contribution in [-0.2, 0) is 23.9 Å². The van der Waals surface area contributed by atoms with Crippen LogP contribution in [0.1, 0.15) is 74.6 Å². The molecule has 35 heavy (non-hydrogen) atoms. The molecule has 1 saturated heterocycles. The zero-order chi connectivity index (χ0) is 26.1. The number of fused-ring (bicyclic) bond motifs is 1. The molecule has 1 aromatic carbocycles. The SMILES string of the molecule is CC(C)[C@H](NC(=O)OC(C)(C)C)C(=O)OC(N1C(=O)CCCC1=O)N1C(=O)c2ccccc2C1=O. The summed E-state index contributed by atoms with van der Waals surface area (Å²) in [6.45, 7) is 8.23. The molecule has 0 aromatic heterocycles. The molecule has 0 radical (unpaired) electrons. The number of piperidine rings is 1. The van der Waals surface area contributed by atoms with Gasteiger partial charge in [0, 0.05) is 12.8 Å². The largest absolute Gasteiger partial charge is 0.444 e. The van der Waals surface area contributed by atoms with Crippen molar-refractivity contribution in [1.82, 2.24) is 15.1 Å². The van der Waals surface area contributed by atoms with E-state index in [9.17, 15) is 28.8 Å². The number of esters is 1. The number of nitrogens with zero attached hydrogens (tertiary/aromatic N) is 2. The Hall–Kier alpha value is -3.76. The van der Waals surface area contributed by atoms with E-state index in [2.05, 4.69) is 5.32 Å². The molecule has 2 atom stereocenters. The summed E-state index contributed by atoms with van der Waals surface area (Å²) in [5.74, 6) is -4.52. The van der Waals surface area contributed by atoms with Crippen LogP contribution < -0.4 is 5.32 Å². The van der Waals surface area contributed by atoms with E-state index in [0.717, 1.165) is 0 Å². The number of imide groups is 2. The summed E-state index contributed by atoms with van der Waals surface area (Å²) in [5.41, 5.74) is -0.712. The van der Waals surface area contributed by atoms with Gasteiger partial charge in [-0.05, 0) is 45.2 Å². The van der Waals surface area contributed by atoms with Crippen molar-refractivity contribution in [1.29, 1.82) is 0 Å². The minimum Gasteiger partial charge on any atom is -0.444 e. The molecule has 2 aliphatic rings. The van der Waals surface area contributed by atoms with Gasteiger partial charge in [0.1, 0.15) is 11.6 Å². The van der Waals surface area contributed by atoms with Crippen molar-refractivity contribution in [3.8, 4) is 0 Å². The Morgan fingerprint density at radius 2 is 1.43 bits per heavy atom. The van der Waals surface area contributed by atoms with Crippen molar-refractivity contribution in [3.05, 3.63) is 35.4 Å². The summed E-state index contributed by atoms with van der Waals surface area (Å²) in [6, 6.07) is 4.72. The minimum atomic E-state index is -1.93. The van der Waals surface area contributed by atoms with Crippen LogP contribution in [0.4, 0.5) is 4.79 Å². The number of carbonyl (C=O) groups is 6. The maximum absolute atomic E-state index is 13.2. The normalized spacial score (nSPS) is 17.9. The molecule has 0 bridgehead atoms. The van der Waals surface area contributed by atoms with Crippen LogP contribution in [0.5, 0.6) is 0 Å². The minimum absolute atomic E-state index is 0.0211. The molecule has 0 saturated carbocycles. The van der Waals surface area contributed by atoms with Gasteiger partial charge in [-0.25, -0.2) is 19.4 Å². The van der Waals surface area contributed by atoms with Crippen molar-refractivity contribution < 1.29 is 38.2 Å². The first-order chi connectivity index (χ1) is 16.3. The Morgan fingerprint density at radius 3 is 1.89 bits per heavy atom. The lowest BCUT2D eigenvalue weighted by Gasteiger charge is -2.37. The third-order valence-electron chi connectivity index (χ3n) is 5.40. The van der Waals surface area contributed by atoms with Crippen LogP contribution in [-0.4, -0.2) is 63.5 Å². The molecule has 3 rings (SSSR count). The van der Waals surface area contributed by atoms with Gasteiger partial charge in [0.25, 0.3) is 18.2 Å². The summed E-state index contributed by atoms with van der Waals surface area (Å²) in [5, 5.41) is 2.42. The van der Waals surface area contributed by atoms with Crippen molar-refractivity contribution in [2.24, 2.45) is 5.92 Å². The maximum atomic E-state index is 13.2. The highest BCUT2D eigenvalue weighted by Gasteiger charge is 2.48. The van der Waals surface area contributed by atoms with Crippen LogP contribution in [0.25, 0.3) is 0 Å². The summed E-state index contributed by atoms with van der Waals surface area (Å²) in [6.07, 6.45) is -2.56. The molecule has 11 nitrogen and oxygen atoms in total. The highest BCUT2D eigenvalue weighted by Crippen LogP contribution is 2.29. The summed E-state index contributed by atoms with van der Waals surface area (Å²) in [4.78, 5) is 78.3. The van der Waals surface area contributed by atoms with E-state index >= 15 is 0 Å². The topological polar surface area (TPSA) is 139 Å². The number of likely N-dealkylation sites (tertiary alicyclic amines) is 1. The Labute approximate surface area is 202 Å². The lowest BCUT2D eigenvalue weighted by atomic mass is 10.1. The second-order valence-electron chi connectivity index (χ2n) is 9.67. The molecule has 2 heterocycles. The fraction of sp³-hybridized carbons (Fsp3) is 0.500. The molecule has 1 unspecified atom stereocenters. The van der Waals surface area contributed by atoms with Crippen LogP contribution in [0, 0.1) is 5.92 Å². The van der Waals surface area contributed by atoms with Crippen LogP contribution >= 0.6 is 0 Å². The Morgan fingerprint density at radius 1 is 0.914 bits per heavy atom. The van der Waals surface area contributed by atoms with Gasteiger partial charge in [0.05, 0.1) is 11.1 Å². The molecular formula is C24H29N3O8. The fourth-order valence-electron chi connectivity index (χ4n) is 3.76. The van der Waals surface area contributed by atoms with E-state index in [-0.39, 0.29) is 24.0 Å². The lowest BCUT2D eigenvalue weighted by Crippen LogP contribution is -2.60. The molecule has 1 N–H and O–H groups in total. The van der Waals surface area contributed by atoms with Gasteiger partial charge in [-0.2, -0.15) is 0 Å². The van der Waals surface area contributed by atoms with Crippen LogP contribution in [0.2, 0.25) is 0 Å². The molecular weight excluding hydrogens is 458 g/mol. The van der Waals surface area contributed by atoms with E-state index in [0.29, 0.717) is 16.2 Å². The molecule has 0 spiro atoms.